The molecule has 3 rings (SSSR count). The Morgan fingerprint density at radius 2 is 2.06 bits per heavy atom. The van der Waals surface area contributed by atoms with E-state index in [0.717, 1.165) is 33.9 Å². The topological polar surface area (TPSA) is 17.8 Å². The smallest absolute Gasteiger partial charge is 0.133 e. The van der Waals surface area contributed by atoms with E-state index in [9.17, 15) is 4.39 Å². The van der Waals surface area contributed by atoms with Gasteiger partial charge in [0.15, 0.2) is 0 Å². The third-order valence-electron chi connectivity index (χ3n) is 2.52. The van der Waals surface area contributed by atoms with E-state index in [1.165, 1.54) is 12.1 Å². The molecule has 1 aliphatic rings. The molecule has 0 saturated heterocycles. The first-order valence-corrected chi connectivity index (χ1v) is 6.65. The number of rotatable bonds is 1. The molecule has 0 saturated carbocycles. The maximum atomic E-state index is 12.9. The van der Waals surface area contributed by atoms with Crippen molar-refractivity contribution in [3.8, 4) is 11.3 Å². The average molecular weight is 299 g/mol. The first kappa shape index (κ1) is 10.4. The van der Waals surface area contributed by atoms with E-state index in [4.69, 9.17) is 0 Å². The van der Waals surface area contributed by atoms with Crippen LogP contribution in [0.15, 0.2) is 28.9 Å². The van der Waals surface area contributed by atoms with Gasteiger partial charge in [0, 0.05) is 17.7 Å². The van der Waals surface area contributed by atoms with E-state index >= 15 is 0 Å². The van der Waals surface area contributed by atoms with Crippen LogP contribution in [-0.2, 0) is 6.42 Å². The van der Waals surface area contributed by atoms with Gasteiger partial charge in [-0.15, -0.1) is 0 Å². The summed E-state index contributed by atoms with van der Waals surface area (Å²) in [4.78, 5) is 4.46. The minimum Gasteiger partial charge on any atom is -0.268 e. The van der Waals surface area contributed by atoms with Crippen LogP contribution in [0.1, 0.15) is 5.82 Å². The molecule has 0 bridgehead atoms. The van der Waals surface area contributed by atoms with Crippen molar-refractivity contribution >= 4 is 27.9 Å². The number of hydrogen-bond acceptors (Lipinski definition) is 2. The van der Waals surface area contributed by atoms with Crippen LogP contribution in [0.5, 0.6) is 0 Å². The van der Waals surface area contributed by atoms with E-state index in [0.29, 0.717) is 0 Å². The Bertz CT molecular complexity index is 536. The van der Waals surface area contributed by atoms with Gasteiger partial charge in [-0.05, 0) is 52.1 Å². The second-order valence-corrected chi connectivity index (χ2v) is 5.33. The van der Waals surface area contributed by atoms with Gasteiger partial charge < -0.3 is 0 Å². The average Bonchev–Trinajstić information content (AvgIpc) is 2.79. The minimum atomic E-state index is -0.214. The summed E-state index contributed by atoms with van der Waals surface area (Å²) >= 11 is 5.20. The van der Waals surface area contributed by atoms with Crippen LogP contribution < -0.4 is 0 Å². The third kappa shape index (κ3) is 1.58. The number of hydrogen-bond donors (Lipinski definition) is 0. The highest BCUT2D eigenvalue weighted by Gasteiger charge is 2.21. The lowest BCUT2D eigenvalue weighted by molar-refractivity contribution is 0.628. The molecule has 82 valence electrons. The Balaban J connectivity index is 2.16. The highest BCUT2D eigenvalue weighted by atomic mass is 79.9. The van der Waals surface area contributed by atoms with E-state index in [1.54, 1.807) is 24.1 Å². The van der Waals surface area contributed by atoms with E-state index in [-0.39, 0.29) is 5.82 Å². The van der Waals surface area contributed by atoms with Gasteiger partial charge in [-0.2, -0.15) is 0 Å². The second-order valence-electron chi connectivity index (χ2n) is 3.55. The maximum Gasteiger partial charge on any atom is 0.133 e. The standard InChI is InChI=1S/C11H8BrFN2S/c12-11-10(7-1-3-8(13)4-2-7)15-9(14-11)5-6-16-15/h1-4H,5-6H2. The Morgan fingerprint density at radius 3 is 2.81 bits per heavy atom. The Labute approximate surface area is 105 Å². The maximum absolute atomic E-state index is 12.9. The van der Waals surface area contributed by atoms with Crippen LogP contribution in [0, 0.1) is 5.82 Å². The molecule has 0 radical (unpaired) electrons. The Hall–Kier alpha value is -0.810. The number of aryl methyl sites for hydroxylation is 1. The van der Waals surface area contributed by atoms with Crippen molar-refractivity contribution in [3.63, 3.8) is 0 Å². The number of nitrogens with zero attached hydrogens (tertiary/aromatic N) is 2. The molecule has 2 aromatic rings. The lowest BCUT2D eigenvalue weighted by Gasteiger charge is -2.04. The largest absolute Gasteiger partial charge is 0.268 e. The van der Waals surface area contributed by atoms with Crippen molar-refractivity contribution in [1.29, 1.82) is 0 Å². The van der Waals surface area contributed by atoms with Gasteiger partial charge in [-0.3, -0.25) is 3.97 Å². The normalized spacial score (nSPS) is 14.1. The lowest BCUT2D eigenvalue weighted by atomic mass is 10.2. The first-order valence-electron chi connectivity index (χ1n) is 4.92. The number of imidazole rings is 1. The monoisotopic (exact) mass is 298 g/mol. The van der Waals surface area contributed by atoms with Crippen molar-refractivity contribution in [1.82, 2.24) is 8.96 Å². The number of halogens is 2. The van der Waals surface area contributed by atoms with Crippen LogP contribution in [0.25, 0.3) is 11.3 Å². The second kappa shape index (κ2) is 3.89. The van der Waals surface area contributed by atoms with Gasteiger partial charge in [0.05, 0.1) is 5.69 Å². The minimum absolute atomic E-state index is 0.214. The van der Waals surface area contributed by atoms with E-state index in [2.05, 4.69) is 24.9 Å². The van der Waals surface area contributed by atoms with Crippen LogP contribution >= 0.6 is 27.9 Å². The first-order chi connectivity index (χ1) is 7.75. The summed E-state index contributed by atoms with van der Waals surface area (Å²) < 4.78 is 15.8. The van der Waals surface area contributed by atoms with Crippen molar-refractivity contribution in [2.24, 2.45) is 0 Å². The molecule has 0 aliphatic carbocycles. The molecule has 5 heteroatoms. The van der Waals surface area contributed by atoms with Gasteiger partial charge in [-0.25, -0.2) is 9.37 Å². The molecule has 0 fully saturated rings. The molecule has 2 heterocycles. The van der Waals surface area contributed by atoms with Gasteiger partial charge in [0.25, 0.3) is 0 Å². The molecule has 0 N–H and O–H groups in total. The fourth-order valence-corrected chi connectivity index (χ4v) is 3.58. The van der Waals surface area contributed by atoms with Crippen LogP contribution in [0.2, 0.25) is 0 Å². The van der Waals surface area contributed by atoms with E-state index in [1.807, 2.05) is 0 Å². The van der Waals surface area contributed by atoms with Gasteiger partial charge in [0.1, 0.15) is 16.2 Å². The highest BCUT2D eigenvalue weighted by Crippen LogP contribution is 2.36. The quantitative estimate of drug-likeness (QED) is 0.802. The fraction of sp³-hybridized carbons (Fsp3) is 0.182. The molecule has 1 aromatic carbocycles. The predicted molar refractivity (Wildman–Crippen MR) is 66.9 cm³/mol. The van der Waals surface area contributed by atoms with Crippen LogP contribution in [0.4, 0.5) is 4.39 Å². The molecule has 2 nitrogen and oxygen atoms in total. The zero-order valence-corrected chi connectivity index (χ0v) is 10.7. The van der Waals surface area contributed by atoms with Crippen molar-refractivity contribution in [3.05, 3.63) is 40.5 Å². The number of aromatic nitrogens is 2. The van der Waals surface area contributed by atoms with Crippen molar-refractivity contribution < 1.29 is 4.39 Å². The molecular weight excluding hydrogens is 291 g/mol. The Kier molecular flexibility index (Phi) is 2.52. The SMILES string of the molecule is Fc1ccc(-c2c(Br)nc3n2SCC3)cc1. The fourth-order valence-electron chi connectivity index (χ4n) is 1.79. The molecule has 1 aliphatic heterocycles. The zero-order chi connectivity index (χ0) is 11.1. The number of fused-ring (bicyclic) bond motifs is 1. The molecule has 0 spiro atoms. The molecule has 0 amide bonds. The van der Waals surface area contributed by atoms with Gasteiger partial charge >= 0.3 is 0 Å². The third-order valence-corrected chi connectivity index (χ3v) is 4.11. The summed E-state index contributed by atoms with van der Waals surface area (Å²) in [6, 6.07) is 6.51. The predicted octanol–water partition coefficient (Wildman–Crippen LogP) is 3.50. The lowest BCUT2D eigenvalue weighted by Crippen LogP contribution is -1.89. The Morgan fingerprint density at radius 1 is 1.31 bits per heavy atom. The number of benzene rings is 1. The summed E-state index contributed by atoms with van der Waals surface area (Å²) in [5.74, 6) is 1.92. The van der Waals surface area contributed by atoms with Crippen molar-refractivity contribution in [2.75, 3.05) is 5.75 Å². The molecule has 1 aromatic heterocycles. The molecule has 0 atom stereocenters. The van der Waals surface area contributed by atoms with E-state index < -0.39 is 0 Å². The summed E-state index contributed by atoms with van der Waals surface area (Å²) in [5.41, 5.74) is 2.01. The molecule has 0 unspecified atom stereocenters. The summed E-state index contributed by atoms with van der Waals surface area (Å²) in [7, 11) is 0. The van der Waals surface area contributed by atoms with Crippen molar-refractivity contribution in [2.45, 2.75) is 6.42 Å². The summed E-state index contributed by atoms with van der Waals surface area (Å²) in [6.07, 6.45) is 0.991. The van der Waals surface area contributed by atoms with Crippen LogP contribution in [-0.4, -0.2) is 14.7 Å². The zero-order valence-electron chi connectivity index (χ0n) is 8.28. The van der Waals surface area contributed by atoms with Gasteiger partial charge in [0.2, 0.25) is 0 Å². The van der Waals surface area contributed by atoms with Gasteiger partial charge in [-0.1, -0.05) is 0 Å². The summed E-state index contributed by atoms with van der Waals surface area (Å²) in [5, 5.41) is 0. The molecule has 16 heavy (non-hydrogen) atoms. The molecular formula is C11H8BrFN2S. The summed E-state index contributed by atoms with van der Waals surface area (Å²) in [6.45, 7) is 0. The van der Waals surface area contributed by atoms with Crippen LogP contribution in [0.3, 0.4) is 0 Å². The highest BCUT2D eigenvalue weighted by molar-refractivity contribution is 9.10.